The number of carbonyl (C=O) groups is 2. The zero-order chi connectivity index (χ0) is 28.5. The third-order valence-electron chi connectivity index (χ3n) is 6.40. The van der Waals surface area contributed by atoms with Gasteiger partial charge < -0.3 is 29.3 Å². The first kappa shape index (κ1) is 29.8. The quantitative estimate of drug-likeness (QED) is 0.273. The van der Waals surface area contributed by atoms with Gasteiger partial charge in [0.2, 0.25) is 0 Å². The molecule has 3 N–H and O–H groups in total. The second-order valence-corrected chi connectivity index (χ2v) is 10.3. The topological polar surface area (TPSA) is 118 Å². The number of aliphatic hydroxyl groups is 1. The maximum atomic E-state index is 12.7. The summed E-state index contributed by atoms with van der Waals surface area (Å²) in [5.74, 6) is -0.734. The Balaban J connectivity index is 1.53. The molecule has 0 saturated carbocycles. The molecule has 0 spiro atoms. The van der Waals surface area contributed by atoms with Crippen LogP contribution in [-0.4, -0.2) is 72.5 Å². The molecule has 1 amide bonds. The van der Waals surface area contributed by atoms with Crippen LogP contribution in [0.1, 0.15) is 11.1 Å². The van der Waals surface area contributed by atoms with E-state index in [-0.39, 0.29) is 30.7 Å². The number of carboxylic acid groups (broad SMARTS) is 1. The maximum Gasteiger partial charge on any atom is 0.323 e. The molecule has 40 heavy (non-hydrogen) atoms. The molecule has 4 rings (SSSR count). The summed E-state index contributed by atoms with van der Waals surface area (Å²) in [5, 5.41) is 21.7. The van der Waals surface area contributed by atoms with Crippen LogP contribution < -0.4 is 14.8 Å². The van der Waals surface area contributed by atoms with Crippen LogP contribution in [-0.2, 0) is 27.5 Å². The first-order valence-electron chi connectivity index (χ1n) is 12.7. The van der Waals surface area contributed by atoms with Crippen molar-refractivity contribution in [2.45, 2.75) is 19.2 Å². The lowest BCUT2D eigenvalue weighted by Gasteiger charge is -2.27. The summed E-state index contributed by atoms with van der Waals surface area (Å²) in [5.41, 5.74) is 3.51. The van der Waals surface area contributed by atoms with Crippen molar-refractivity contribution in [2.75, 3.05) is 39.5 Å². The van der Waals surface area contributed by atoms with Gasteiger partial charge in [0.25, 0.3) is 5.91 Å². The molecule has 1 aliphatic heterocycles. The monoisotopic (exact) mass is 632 g/mol. The van der Waals surface area contributed by atoms with E-state index in [1.54, 1.807) is 17.0 Å². The van der Waals surface area contributed by atoms with Crippen LogP contribution in [0.25, 0.3) is 11.1 Å². The van der Waals surface area contributed by atoms with Crippen molar-refractivity contribution in [1.82, 2.24) is 10.2 Å². The zero-order valence-electron chi connectivity index (χ0n) is 21.6. The summed E-state index contributed by atoms with van der Waals surface area (Å²) in [4.78, 5) is 25.7. The summed E-state index contributed by atoms with van der Waals surface area (Å²) in [7, 11) is 0. The van der Waals surface area contributed by atoms with Crippen LogP contribution in [0.2, 0.25) is 5.02 Å². The van der Waals surface area contributed by atoms with Crippen LogP contribution >= 0.6 is 27.5 Å². The van der Waals surface area contributed by atoms with E-state index >= 15 is 0 Å². The number of halogens is 2. The van der Waals surface area contributed by atoms with E-state index < -0.39 is 18.6 Å². The summed E-state index contributed by atoms with van der Waals surface area (Å²) in [6.07, 6.45) is 0. The first-order valence-corrected chi connectivity index (χ1v) is 13.9. The van der Waals surface area contributed by atoms with Gasteiger partial charge in [0.15, 0.2) is 6.61 Å². The Morgan fingerprint density at radius 3 is 2.48 bits per heavy atom. The minimum atomic E-state index is -1.19. The van der Waals surface area contributed by atoms with Gasteiger partial charge in [0.1, 0.15) is 24.1 Å². The highest BCUT2D eigenvalue weighted by atomic mass is 79.9. The number of nitrogens with one attached hydrogen (secondary N) is 1. The highest BCUT2D eigenvalue weighted by Crippen LogP contribution is 2.36. The number of benzene rings is 3. The molecular weight excluding hydrogens is 604 g/mol. The van der Waals surface area contributed by atoms with Gasteiger partial charge in [-0.3, -0.25) is 14.9 Å². The van der Waals surface area contributed by atoms with Crippen LogP contribution in [0.3, 0.4) is 0 Å². The molecule has 212 valence electrons. The van der Waals surface area contributed by atoms with Crippen molar-refractivity contribution in [3.8, 4) is 22.6 Å². The van der Waals surface area contributed by atoms with Gasteiger partial charge in [-0.1, -0.05) is 60.1 Å². The molecular formula is C29H30BrClN2O7. The molecule has 0 aliphatic carbocycles. The highest BCUT2D eigenvalue weighted by molar-refractivity contribution is 9.10. The second-order valence-electron chi connectivity index (χ2n) is 9.06. The SMILES string of the molecule is O=C(O)[C@H](CO)NCc1cc(Cl)c(OCc2cccc(-c3ccccc3)c2Br)cc1OCC(=O)N1CCOCC1. The fourth-order valence-electron chi connectivity index (χ4n) is 4.15. The average molecular weight is 634 g/mol. The number of aliphatic carboxylic acids is 1. The number of aliphatic hydroxyl groups excluding tert-OH is 1. The molecule has 11 heteroatoms. The third-order valence-corrected chi connectivity index (χ3v) is 7.63. The van der Waals surface area contributed by atoms with E-state index in [1.165, 1.54) is 0 Å². The Morgan fingerprint density at radius 2 is 1.77 bits per heavy atom. The number of carboxylic acids is 1. The average Bonchev–Trinajstić information content (AvgIpc) is 2.97. The number of morpholine rings is 1. The lowest BCUT2D eigenvalue weighted by atomic mass is 10.0. The van der Waals surface area contributed by atoms with Gasteiger partial charge in [0, 0.05) is 41.3 Å². The fourth-order valence-corrected chi connectivity index (χ4v) is 5.00. The molecule has 1 atom stereocenters. The van der Waals surface area contributed by atoms with Crippen molar-refractivity contribution < 1.29 is 34.0 Å². The van der Waals surface area contributed by atoms with Crippen molar-refractivity contribution in [3.05, 3.63) is 81.3 Å². The molecule has 0 unspecified atom stereocenters. The number of hydrogen-bond acceptors (Lipinski definition) is 7. The van der Waals surface area contributed by atoms with Crippen molar-refractivity contribution in [1.29, 1.82) is 0 Å². The van der Waals surface area contributed by atoms with Crippen LogP contribution in [0.15, 0.2) is 65.1 Å². The van der Waals surface area contributed by atoms with Gasteiger partial charge in [0.05, 0.1) is 24.8 Å². The molecule has 3 aromatic carbocycles. The lowest BCUT2D eigenvalue weighted by Crippen LogP contribution is -2.43. The molecule has 0 bridgehead atoms. The second kappa shape index (κ2) is 14.5. The van der Waals surface area contributed by atoms with Gasteiger partial charge in [-0.2, -0.15) is 0 Å². The van der Waals surface area contributed by atoms with E-state index in [0.29, 0.717) is 43.4 Å². The standard InChI is InChI=1S/C29H30BrClN2O7/c30-28-20(7-4-8-22(28)19-5-2-1-3-6-19)17-39-26-14-25(40-18-27(35)33-9-11-38-12-10-33)21(13-23(26)31)15-32-24(16-34)29(36)37/h1-8,13-14,24,32,34H,9-12,15-18H2,(H,36,37)/t24-/m0/s1. The predicted molar refractivity (Wildman–Crippen MR) is 154 cm³/mol. The maximum absolute atomic E-state index is 12.7. The van der Waals surface area contributed by atoms with E-state index in [1.807, 2.05) is 48.5 Å². The molecule has 0 aromatic heterocycles. The Bertz CT molecular complexity index is 1320. The molecule has 9 nitrogen and oxygen atoms in total. The molecule has 0 radical (unpaired) electrons. The summed E-state index contributed by atoms with van der Waals surface area (Å²) in [6, 6.07) is 17.9. The lowest BCUT2D eigenvalue weighted by molar-refractivity contribution is -0.140. The molecule has 1 heterocycles. The Hall–Kier alpha value is -3.15. The Labute approximate surface area is 245 Å². The number of amides is 1. The number of ether oxygens (including phenoxy) is 3. The van der Waals surface area contributed by atoms with Crippen molar-refractivity contribution in [2.24, 2.45) is 0 Å². The smallest absolute Gasteiger partial charge is 0.323 e. The van der Waals surface area contributed by atoms with E-state index in [9.17, 15) is 19.8 Å². The number of hydrogen-bond donors (Lipinski definition) is 3. The van der Waals surface area contributed by atoms with Crippen molar-refractivity contribution in [3.63, 3.8) is 0 Å². The predicted octanol–water partition coefficient (Wildman–Crippen LogP) is 4.12. The van der Waals surface area contributed by atoms with E-state index in [2.05, 4.69) is 21.2 Å². The summed E-state index contributed by atoms with van der Waals surface area (Å²) < 4.78 is 18.2. The van der Waals surface area contributed by atoms with E-state index in [0.717, 1.165) is 21.2 Å². The third kappa shape index (κ3) is 7.74. The first-order chi connectivity index (χ1) is 19.4. The van der Waals surface area contributed by atoms with Crippen LogP contribution in [0, 0.1) is 0 Å². The minimum Gasteiger partial charge on any atom is -0.487 e. The molecule has 1 saturated heterocycles. The Kier molecular flexibility index (Phi) is 10.8. The minimum absolute atomic E-state index is 0.0310. The molecule has 3 aromatic rings. The van der Waals surface area contributed by atoms with E-state index in [4.69, 9.17) is 25.8 Å². The number of nitrogens with zero attached hydrogens (tertiary/aromatic N) is 1. The largest absolute Gasteiger partial charge is 0.487 e. The van der Waals surface area contributed by atoms with Gasteiger partial charge in [-0.05, 0) is 33.1 Å². The fraction of sp³-hybridized carbons (Fsp3) is 0.310. The van der Waals surface area contributed by atoms with Gasteiger partial charge >= 0.3 is 5.97 Å². The summed E-state index contributed by atoms with van der Waals surface area (Å²) >= 11 is 10.3. The molecule has 1 aliphatic rings. The van der Waals surface area contributed by atoms with Crippen LogP contribution in [0.4, 0.5) is 0 Å². The van der Waals surface area contributed by atoms with Crippen molar-refractivity contribution >= 4 is 39.4 Å². The van der Waals surface area contributed by atoms with Crippen LogP contribution in [0.5, 0.6) is 11.5 Å². The Morgan fingerprint density at radius 1 is 1.02 bits per heavy atom. The normalized spacial score (nSPS) is 14.0. The van der Waals surface area contributed by atoms with Gasteiger partial charge in [-0.25, -0.2) is 0 Å². The zero-order valence-corrected chi connectivity index (χ0v) is 24.0. The highest BCUT2D eigenvalue weighted by Gasteiger charge is 2.21. The molecule has 1 fully saturated rings. The summed E-state index contributed by atoms with van der Waals surface area (Å²) in [6.45, 7) is 1.34. The number of rotatable bonds is 12. The number of carbonyl (C=O) groups excluding carboxylic acids is 1. The van der Waals surface area contributed by atoms with Gasteiger partial charge in [-0.15, -0.1) is 0 Å².